The summed E-state index contributed by atoms with van der Waals surface area (Å²) in [4.78, 5) is 15.9. The van der Waals surface area contributed by atoms with E-state index in [2.05, 4.69) is 22.0 Å². The fraction of sp³-hybridized carbons (Fsp3) is 0.500. The third-order valence-electron chi connectivity index (χ3n) is 3.55. The van der Waals surface area contributed by atoms with Gasteiger partial charge in [0.15, 0.2) is 0 Å². The molecule has 1 heterocycles. The summed E-state index contributed by atoms with van der Waals surface area (Å²) >= 11 is 3.56. The smallest absolute Gasteiger partial charge is 0.320 e. The third-order valence-corrected chi connectivity index (χ3v) is 4.27. The zero-order valence-electron chi connectivity index (χ0n) is 11.3. The predicted octanol–water partition coefficient (Wildman–Crippen LogP) is 2.59. The number of rotatable bonds is 4. The Labute approximate surface area is 122 Å². The van der Waals surface area contributed by atoms with Crippen molar-refractivity contribution in [3.05, 3.63) is 34.3 Å². The quantitative estimate of drug-likeness (QED) is 0.925. The summed E-state index contributed by atoms with van der Waals surface area (Å²) in [5, 5.41) is 0. The Hall–Kier alpha value is -1.07. The molecule has 0 aliphatic carbocycles. The van der Waals surface area contributed by atoms with Gasteiger partial charge in [-0.05, 0) is 25.0 Å². The van der Waals surface area contributed by atoms with Gasteiger partial charge in [-0.3, -0.25) is 0 Å². The summed E-state index contributed by atoms with van der Waals surface area (Å²) in [5.41, 5.74) is 6.92. The van der Waals surface area contributed by atoms with Crippen LogP contribution in [0.3, 0.4) is 0 Å². The van der Waals surface area contributed by atoms with E-state index in [0.29, 0.717) is 0 Å². The molecule has 1 aliphatic rings. The van der Waals surface area contributed by atoms with Crippen molar-refractivity contribution in [3.63, 3.8) is 0 Å². The number of carbonyl (C=O) groups excluding carboxylic acids is 1. The van der Waals surface area contributed by atoms with Crippen molar-refractivity contribution in [2.45, 2.75) is 25.4 Å². The highest BCUT2D eigenvalue weighted by Crippen LogP contribution is 2.32. The summed E-state index contributed by atoms with van der Waals surface area (Å²) < 4.78 is 1.05. The summed E-state index contributed by atoms with van der Waals surface area (Å²) in [7, 11) is 1.86. The molecule has 1 aromatic rings. The zero-order chi connectivity index (χ0) is 14.0. The van der Waals surface area contributed by atoms with Gasteiger partial charge >= 0.3 is 6.03 Å². The molecule has 104 valence electrons. The molecule has 0 bridgehead atoms. The Bertz CT molecular complexity index is 464. The fourth-order valence-electron chi connectivity index (χ4n) is 2.36. The lowest BCUT2D eigenvalue weighted by Crippen LogP contribution is -2.32. The van der Waals surface area contributed by atoms with Crippen molar-refractivity contribution in [2.24, 2.45) is 5.73 Å². The molecule has 2 rings (SSSR count). The first-order chi connectivity index (χ1) is 9.00. The molecule has 1 fully saturated rings. The minimum Gasteiger partial charge on any atom is -0.328 e. The van der Waals surface area contributed by atoms with E-state index in [1.807, 2.05) is 37.1 Å². The molecular formula is C14H20BrN3O. The largest absolute Gasteiger partial charge is 0.328 e. The van der Waals surface area contributed by atoms with Gasteiger partial charge in [0.05, 0.1) is 6.04 Å². The lowest BCUT2D eigenvalue weighted by molar-refractivity contribution is 0.194. The van der Waals surface area contributed by atoms with Crippen LogP contribution in [-0.2, 0) is 0 Å². The van der Waals surface area contributed by atoms with Crippen LogP contribution in [0.1, 0.15) is 24.9 Å². The first-order valence-corrected chi connectivity index (χ1v) is 7.31. The molecule has 1 aliphatic heterocycles. The molecule has 2 atom stereocenters. The van der Waals surface area contributed by atoms with Crippen LogP contribution < -0.4 is 5.73 Å². The lowest BCUT2D eigenvalue weighted by atomic mass is 10.1. The number of halogens is 1. The van der Waals surface area contributed by atoms with Crippen LogP contribution in [0.2, 0.25) is 0 Å². The van der Waals surface area contributed by atoms with E-state index >= 15 is 0 Å². The summed E-state index contributed by atoms with van der Waals surface area (Å²) in [6.07, 6.45) is 0.836. The molecule has 0 saturated carbocycles. The van der Waals surface area contributed by atoms with E-state index in [0.717, 1.165) is 29.5 Å². The first kappa shape index (κ1) is 14.3. The van der Waals surface area contributed by atoms with Gasteiger partial charge in [-0.15, -0.1) is 0 Å². The van der Waals surface area contributed by atoms with Crippen LogP contribution in [0.25, 0.3) is 0 Å². The number of nitrogens with two attached hydrogens (primary N) is 1. The van der Waals surface area contributed by atoms with Gasteiger partial charge in [0.1, 0.15) is 0 Å². The van der Waals surface area contributed by atoms with Crippen LogP contribution in [0, 0.1) is 0 Å². The van der Waals surface area contributed by atoms with Crippen molar-refractivity contribution in [1.29, 1.82) is 0 Å². The normalized spacial score (nSPS) is 21.1. The van der Waals surface area contributed by atoms with Gasteiger partial charge in [0.25, 0.3) is 0 Å². The average Bonchev–Trinajstić information content (AvgIpc) is 2.65. The van der Waals surface area contributed by atoms with Crippen molar-refractivity contribution < 1.29 is 4.79 Å². The zero-order valence-corrected chi connectivity index (χ0v) is 12.9. The monoisotopic (exact) mass is 325 g/mol. The maximum absolute atomic E-state index is 12.2. The number of likely N-dealkylation sites (N-methyl/N-ethyl adjacent to an activating group) is 1. The minimum atomic E-state index is 0.0846. The Kier molecular flexibility index (Phi) is 4.47. The molecule has 0 spiro atoms. The fourth-order valence-corrected chi connectivity index (χ4v) is 2.91. The number of hydrogen-bond donors (Lipinski definition) is 1. The van der Waals surface area contributed by atoms with E-state index in [1.165, 1.54) is 0 Å². The second-order valence-electron chi connectivity index (χ2n) is 5.14. The Morgan fingerprint density at radius 1 is 1.47 bits per heavy atom. The Balaban J connectivity index is 2.12. The molecule has 1 aromatic carbocycles. The molecule has 0 aromatic heterocycles. The summed E-state index contributed by atoms with van der Waals surface area (Å²) in [6, 6.07) is 8.38. The van der Waals surface area contributed by atoms with Gasteiger partial charge in [0, 0.05) is 30.7 Å². The van der Waals surface area contributed by atoms with Gasteiger partial charge in [-0.25, -0.2) is 4.79 Å². The standard InChI is InChI=1S/C14H20BrN3O/c1-10(16)7-8-18-9-13(17(2)14(18)19)11-5-3-4-6-12(11)15/h3-6,10,13H,7-9,16H2,1-2H3. The molecule has 1 saturated heterocycles. The number of carbonyl (C=O) groups is 1. The van der Waals surface area contributed by atoms with E-state index in [9.17, 15) is 4.79 Å². The van der Waals surface area contributed by atoms with Gasteiger partial charge in [-0.2, -0.15) is 0 Å². The Morgan fingerprint density at radius 3 is 2.79 bits per heavy atom. The maximum Gasteiger partial charge on any atom is 0.320 e. The van der Waals surface area contributed by atoms with E-state index in [1.54, 1.807) is 4.90 Å². The molecular weight excluding hydrogens is 306 g/mol. The topological polar surface area (TPSA) is 49.6 Å². The molecule has 4 nitrogen and oxygen atoms in total. The summed E-state index contributed by atoms with van der Waals surface area (Å²) in [5.74, 6) is 0. The third kappa shape index (κ3) is 3.09. The lowest BCUT2D eigenvalue weighted by Gasteiger charge is -2.19. The average molecular weight is 326 g/mol. The number of urea groups is 1. The van der Waals surface area contributed by atoms with Crippen LogP contribution in [0.5, 0.6) is 0 Å². The number of amides is 2. The highest BCUT2D eigenvalue weighted by atomic mass is 79.9. The van der Waals surface area contributed by atoms with Gasteiger partial charge in [-0.1, -0.05) is 34.1 Å². The Morgan fingerprint density at radius 2 is 2.16 bits per heavy atom. The number of nitrogens with zero attached hydrogens (tertiary/aromatic N) is 2. The SMILES string of the molecule is CC(N)CCN1CC(c2ccccc2Br)N(C)C1=O. The van der Waals surface area contributed by atoms with Gasteiger partial charge in [0.2, 0.25) is 0 Å². The van der Waals surface area contributed by atoms with Crippen LogP contribution in [-0.4, -0.2) is 42.0 Å². The van der Waals surface area contributed by atoms with Crippen LogP contribution >= 0.6 is 15.9 Å². The van der Waals surface area contributed by atoms with E-state index < -0.39 is 0 Å². The molecule has 19 heavy (non-hydrogen) atoms. The van der Waals surface area contributed by atoms with Crippen molar-refractivity contribution in [3.8, 4) is 0 Å². The van der Waals surface area contributed by atoms with Crippen LogP contribution in [0.4, 0.5) is 4.79 Å². The first-order valence-electron chi connectivity index (χ1n) is 6.52. The van der Waals surface area contributed by atoms with Crippen LogP contribution in [0.15, 0.2) is 28.7 Å². The molecule has 5 heteroatoms. The predicted molar refractivity (Wildman–Crippen MR) is 79.9 cm³/mol. The second-order valence-corrected chi connectivity index (χ2v) is 6.00. The maximum atomic E-state index is 12.2. The van der Waals surface area contributed by atoms with Gasteiger partial charge < -0.3 is 15.5 Å². The molecule has 2 N–H and O–H groups in total. The highest BCUT2D eigenvalue weighted by molar-refractivity contribution is 9.10. The van der Waals surface area contributed by atoms with Crippen molar-refractivity contribution in [2.75, 3.05) is 20.1 Å². The highest BCUT2D eigenvalue weighted by Gasteiger charge is 2.35. The van der Waals surface area contributed by atoms with Crippen molar-refractivity contribution in [1.82, 2.24) is 9.80 Å². The van der Waals surface area contributed by atoms with Crippen molar-refractivity contribution >= 4 is 22.0 Å². The molecule has 2 amide bonds. The molecule has 0 radical (unpaired) electrons. The second kappa shape index (κ2) is 5.92. The number of benzene rings is 1. The number of hydrogen-bond acceptors (Lipinski definition) is 2. The molecule has 2 unspecified atom stereocenters. The van der Waals surface area contributed by atoms with E-state index in [-0.39, 0.29) is 18.1 Å². The summed E-state index contributed by atoms with van der Waals surface area (Å²) in [6.45, 7) is 3.42. The van der Waals surface area contributed by atoms with E-state index in [4.69, 9.17) is 5.73 Å². The minimum absolute atomic E-state index is 0.0846.